The number of anilines is 1. The molecule has 0 unspecified atom stereocenters. The molecule has 0 heterocycles. The number of hydrogen-bond donors (Lipinski definition) is 3. The molecule has 0 fully saturated rings. The van der Waals surface area contributed by atoms with Crippen molar-refractivity contribution >= 4 is 46.2 Å². The number of rotatable bonds is 7. The van der Waals surface area contributed by atoms with Crippen molar-refractivity contribution in [3.63, 3.8) is 0 Å². The van der Waals surface area contributed by atoms with Crippen molar-refractivity contribution in [1.29, 1.82) is 0 Å². The van der Waals surface area contributed by atoms with Crippen LogP contribution in [0.3, 0.4) is 0 Å². The van der Waals surface area contributed by atoms with Gasteiger partial charge in [-0.05, 0) is 51.3 Å². The maximum absolute atomic E-state index is 12.6. The molecule has 0 aliphatic heterocycles. The molecule has 0 saturated carbocycles. The third-order valence-electron chi connectivity index (χ3n) is 3.75. The lowest BCUT2D eigenvalue weighted by Crippen LogP contribution is -2.54. The molecule has 1 aromatic rings. The number of benzene rings is 1. The van der Waals surface area contributed by atoms with Crippen LogP contribution in [0.15, 0.2) is 24.3 Å². The summed E-state index contributed by atoms with van der Waals surface area (Å²) in [7, 11) is 0. The lowest BCUT2D eigenvalue weighted by molar-refractivity contribution is -0.128. The first-order valence-electron chi connectivity index (χ1n) is 9.18. The van der Waals surface area contributed by atoms with Crippen LogP contribution in [-0.2, 0) is 18.8 Å². The maximum atomic E-state index is 12.6. The van der Waals surface area contributed by atoms with E-state index >= 15 is 0 Å². The molecule has 0 aromatic heterocycles. The molecule has 28 heavy (non-hydrogen) atoms. The molecule has 3 N–H and O–H groups in total. The zero-order valence-electron chi connectivity index (χ0n) is 17.3. The average Bonchev–Trinajstić information content (AvgIpc) is 2.58. The molecule has 3 amide bonds. The topological polar surface area (TPSA) is 96.5 Å². The number of halogens is 1. The smallest absolute Gasteiger partial charge is 0.408 e. The predicted octanol–water partition coefficient (Wildman–Crippen LogP) is 3.61. The first kappa shape index (κ1) is 24.2. The minimum Gasteiger partial charge on any atom is -0.444 e. The maximum Gasteiger partial charge on any atom is 0.408 e. The van der Waals surface area contributed by atoms with Crippen LogP contribution in [0.1, 0.15) is 47.1 Å². The van der Waals surface area contributed by atoms with Crippen LogP contribution in [-0.4, -0.2) is 35.6 Å². The minimum atomic E-state index is -0.812. The number of hydrogen-bond acceptors (Lipinski definition) is 4. The van der Waals surface area contributed by atoms with Crippen LogP contribution < -0.4 is 16.0 Å². The van der Waals surface area contributed by atoms with Gasteiger partial charge in [-0.25, -0.2) is 4.79 Å². The zero-order valence-corrected chi connectivity index (χ0v) is 19.4. The number of carbonyl (C=O) groups is 3. The van der Waals surface area contributed by atoms with E-state index in [4.69, 9.17) is 4.74 Å². The van der Waals surface area contributed by atoms with E-state index in [0.717, 1.165) is 9.99 Å². The Labute approximate surface area is 180 Å². The van der Waals surface area contributed by atoms with Crippen LogP contribution in [0, 0.1) is 5.92 Å². The Balaban J connectivity index is 2.67. The molecule has 156 valence electrons. The first-order valence-corrected chi connectivity index (χ1v) is 10.7. The Morgan fingerprint density at radius 1 is 1.00 bits per heavy atom. The van der Waals surface area contributed by atoms with Gasteiger partial charge in [0.05, 0.1) is 0 Å². The zero-order chi connectivity index (χ0) is 21.5. The monoisotopic (exact) mass is 503 g/mol. The normalized spacial score (nSPS) is 13.4. The summed E-state index contributed by atoms with van der Waals surface area (Å²) in [6, 6.07) is 5.94. The molecule has 2 atom stereocenters. The van der Waals surface area contributed by atoms with Crippen molar-refractivity contribution in [2.75, 3.05) is 5.32 Å². The van der Waals surface area contributed by atoms with Crippen molar-refractivity contribution in [3.8, 4) is 0 Å². The van der Waals surface area contributed by atoms with Gasteiger partial charge in [-0.15, -0.1) is 0 Å². The van der Waals surface area contributed by atoms with E-state index in [9.17, 15) is 14.4 Å². The van der Waals surface area contributed by atoms with Gasteiger partial charge in [0.1, 0.15) is 17.7 Å². The molecule has 0 aliphatic rings. The van der Waals surface area contributed by atoms with Crippen molar-refractivity contribution in [2.45, 2.75) is 63.7 Å². The molecular weight excluding hydrogens is 473 g/mol. The second-order valence-corrected chi connectivity index (χ2v) is 8.68. The van der Waals surface area contributed by atoms with E-state index in [1.807, 2.05) is 24.3 Å². The summed E-state index contributed by atoms with van der Waals surface area (Å²) < 4.78 is 6.10. The number of alkyl halides is 1. The third kappa shape index (κ3) is 8.45. The summed E-state index contributed by atoms with van der Waals surface area (Å²) in [5, 5.41) is 7.99. The van der Waals surface area contributed by atoms with Gasteiger partial charge in [0.2, 0.25) is 11.8 Å². The Morgan fingerprint density at radius 3 is 2.04 bits per heavy atom. The summed E-state index contributed by atoms with van der Waals surface area (Å²) in [6.45, 7) is 10.4. The minimum absolute atomic E-state index is 0.177. The van der Waals surface area contributed by atoms with Crippen molar-refractivity contribution in [3.05, 3.63) is 29.8 Å². The van der Waals surface area contributed by atoms with Gasteiger partial charge >= 0.3 is 6.09 Å². The highest BCUT2D eigenvalue weighted by atomic mass is 127. The number of carbonyl (C=O) groups excluding carboxylic acids is 3. The fourth-order valence-corrected chi connectivity index (χ4v) is 2.77. The summed E-state index contributed by atoms with van der Waals surface area (Å²) in [6.07, 6.45) is -0.672. The van der Waals surface area contributed by atoms with E-state index in [0.29, 0.717) is 5.69 Å². The van der Waals surface area contributed by atoms with Gasteiger partial charge in [-0.2, -0.15) is 0 Å². The summed E-state index contributed by atoms with van der Waals surface area (Å²) in [5.74, 6) is -0.956. The number of alkyl carbamates (subject to hydrolysis) is 1. The standard InChI is InChI=1S/C20H30IN3O4/c1-12(2)16(24-19(27)28-20(4,5)6)18(26)22-13(3)17(25)23-15-9-7-14(11-21)8-10-15/h7-10,12-13,16H,11H2,1-6H3,(H,22,26)(H,23,25)(H,24,27)/t13-,16-/m0/s1. The molecule has 0 saturated heterocycles. The van der Waals surface area contributed by atoms with Crippen LogP contribution >= 0.6 is 22.6 Å². The summed E-state index contributed by atoms with van der Waals surface area (Å²) in [5.41, 5.74) is 1.15. The van der Waals surface area contributed by atoms with Crippen LogP contribution in [0.5, 0.6) is 0 Å². The second-order valence-electron chi connectivity index (χ2n) is 7.92. The lowest BCUT2D eigenvalue weighted by Gasteiger charge is -2.26. The third-order valence-corrected chi connectivity index (χ3v) is 4.63. The number of amides is 3. The van der Waals surface area contributed by atoms with Crippen molar-refractivity contribution in [1.82, 2.24) is 10.6 Å². The molecule has 7 nitrogen and oxygen atoms in total. The highest BCUT2D eigenvalue weighted by Gasteiger charge is 2.28. The van der Waals surface area contributed by atoms with Gasteiger partial charge in [0.15, 0.2) is 0 Å². The Morgan fingerprint density at radius 2 is 1.57 bits per heavy atom. The highest BCUT2D eigenvalue weighted by Crippen LogP contribution is 2.13. The molecule has 1 rings (SSSR count). The number of nitrogens with one attached hydrogen (secondary N) is 3. The van der Waals surface area contributed by atoms with Crippen molar-refractivity contribution in [2.24, 2.45) is 5.92 Å². The molecule has 0 spiro atoms. The largest absolute Gasteiger partial charge is 0.444 e. The quantitative estimate of drug-likeness (QED) is 0.391. The van der Waals surface area contributed by atoms with Gasteiger partial charge in [-0.1, -0.05) is 48.6 Å². The lowest BCUT2D eigenvalue weighted by atomic mass is 10.0. The van der Waals surface area contributed by atoms with E-state index in [-0.39, 0.29) is 11.8 Å². The van der Waals surface area contributed by atoms with Crippen LogP contribution in [0.25, 0.3) is 0 Å². The molecule has 0 radical (unpaired) electrons. The van der Waals surface area contributed by atoms with E-state index in [1.165, 1.54) is 0 Å². The fourth-order valence-electron chi connectivity index (χ4n) is 2.27. The molecule has 0 bridgehead atoms. The highest BCUT2D eigenvalue weighted by molar-refractivity contribution is 14.1. The Bertz CT molecular complexity index is 684. The van der Waals surface area contributed by atoms with Gasteiger partial charge < -0.3 is 20.7 Å². The van der Waals surface area contributed by atoms with Gasteiger partial charge in [0, 0.05) is 10.1 Å². The van der Waals surface area contributed by atoms with Crippen LogP contribution in [0.2, 0.25) is 0 Å². The summed E-state index contributed by atoms with van der Waals surface area (Å²) in [4.78, 5) is 36.9. The molecular formula is C20H30IN3O4. The SMILES string of the molecule is CC(C)[C@H](NC(=O)OC(C)(C)C)C(=O)N[C@@H](C)C(=O)Nc1ccc(CI)cc1. The van der Waals surface area contributed by atoms with Gasteiger partial charge in [0.25, 0.3) is 0 Å². The van der Waals surface area contributed by atoms with E-state index in [2.05, 4.69) is 38.5 Å². The summed E-state index contributed by atoms with van der Waals surface area (Å²) >= 11 is 2.27. The van der Waals surface area contributed by atoms with E-state index < -0.39 is 29.7 Å². The Kier molecular flexibility index (Phi) is 9.19. The average molecular weight is 503 g/mol. The van der Waals surface area contributed by atoms with Gasteiger partial charge in [-0.3, -0.25) is 9.59 Å². The molecule has 0 aliphatic carbocycles. The fraction of sp³-hybridized carbons (Fsp3) is 0.550. The predicted molar refractivity (Wildman–Crippen MR) is 118 cm³/mol. The van der Waals surface area contributed by atoms with Crippen molar-refractivity contribution < 1.29 is 19.1 Å². The second kappa shape index (κ2) is 10.6. The Hall–Kier alpha value is -1.84. The van der Waals surface area contributed by atoms with E-state index in [1.54, 1.807) is 41.5 Å². The number of ether oxygens (including phenoxy) is 1. The molecule has 8 heteroatoms. The van der Waals surface area contributed by atoms with Crippen LogP contribution in [0.4, 0.5) is 10.5 Å². The molecule has 1 aromatic carbocycles. The first-order chi connectivity index (χ1) is 12.9.